The molecule has 28 atom stereocenters. The standard InChI is InChI=1S/C55H94O25/c1-10-13-18-21-31-22-19-16-14-15-17-20-23-33(57)74-45-41(65)53(79-46-37(61)34(58)27(6)68-54(46)72-31)70-29(8)43(45)78-55-48(76-50(67)26(5)12-3)47(80-52-39(63)36(60)35(59)32(24-56)73-52)44(30(9)71-55)77-51-40(64)38(62)42(28(7)69-51)75-49(66)25(4)11-2/h25-32,34-48,51-56,58-65H,10-24H2,1-9H3. The number of carbonyl (C=O) groups is 3. The molecule has 80 heavy (non-hydrogen) atoms. The molecule has 6 heterocycles. The van der Waals surface area contributed by atoms with E-state index in [4.69, 9.17) is 61.6 Å². The van der Waals surface area contributed by atoms with E-state index in [1.807, 2.05) is 0 Å². The number of esters is 3. The SMILES string of the molecule is CCCCCC1CCCCCCCCC(=O)OC2C(O)C(OC(C)C2OC2OC(C)C(OC3OC(C)C(OC(=O)C(C)CC)C(O)C3O)C(OC3OC(CO)C(O)C(O)C3O)C2OC(=O)C(C)CC)OC2C(O1)OC(C)C(O)C2O. The zero-order valence-electron chi connectivity index (χ0n) is 47.8. The van der Waals surface area contributed by atoms with Gasteiger partial charge in [-0.3, -0.25) is 14.4 Å². The van der Waals surface area contributed by atoms with Gasteiger partial charge in [-0.15, -0.1) is 0 Å². The molecule has 0 radical (unpaired) electrons. The number of aliphatic hydroxyl groups is 9. The number of rotatable bonds is 17. The van der Waals surface area contributed by atoms with Crippen LogP contribution in [0.15, 0.2) is 0 Å². The lowest BCUT2D eigenvalue weighted by Gasteiger charge is -2.51. The number of hydrogen-bond donors (Lipinski definition) is 9. The number of fused-ring (bicyclic) bond motifs is 3. The van der Waals surface area contributed by atoms with Gasteiger partial charge in [0.05, 0.1) is 49.0 Å². The Morgan fingerprint density at radius 1 is 0.512 bits per heavy atom. The minimum Gasteiger partial charge on any atom is -0.457 e. The number of aliphatic hydroxyl groups excluding tert-OH is 9. The van der Waals surface area contributed by atoms with Crippen LogP contribution in [-0.4, -0.2) is 230 Å². The Balaban J connectivity index is 1.37. The first-order valence-corrected chi connectivity index (χ1v) is 29.3. The molecule has 6 aliphatic heterocycles. The lowest BCUT2D eigenvalue weighted by atomic mass is 9.95. The Bertz CT molecular complexity index is 1880. The molecule has 0 aromatic heterocycles. The van der Waals surface area contributed by atoms with Crippen molar-refractivity contribution >= 4 is 17.9 Å². The molecule has 25 nitrogen and oxygen atoms in total. The zero-order valence-corrected chi connectivity index (χ0v) is 47.8. The highest BCUT2D eigenvalue weighted by molar-refractivity contribution is 5.72. The molecule has 0 spiro atoms. The zero-order chi connectivity index (χ0) is 58.7. The lowest BCUT2D eigenvalue weighted by Crippen LogP contribution is -2.68. The Hall–Kier alpha value is -2.35. The van der Waals surface area contributed by atoms with Crippen molar-refractivity contribution in [2.45, 2.75) is 312 Å². The van der Waals surface area contributed by atoms with Gasteiger partial charge in [0.1, 0.15) is 79.4 Å². The van der Waals surface area contributed by atoms with E-state index in [-0.39, 0.29) is 18.9 Å². The van der Waals surface area contributed by atoms with Crippen LogP contribution in [0.25, 0.3) is 0 Å². The summed E-state index contributed by atoms with van der Waals surface area (Å²) in [6.07, 6.45) is -30.4. The van der Waals surface area contributed by atoms with Gasteiger partial charge in [-0.05, 0) is 59.8 Å². The first-order valence-electron chi connectivity index (χ1n) is 29.3. The molecule has 25 heteroatoms. The predicted molar refractivity (Wildman–Crippen MR) is 275 cm³/mol. The number of hydrogen-bond acceptors (Lipinski definition) is 25. The van der Waals surface area contributed by atoms with Gasteiger partial charge in [0.2, 0.25) is 0 Å². The van der Waals surface area contributed by atoms with Crippen LogP contribution in [0.2, 0.25) is 0 Å². The van der Waals surface area contributed by atoms with Crippen LogP contribution in [0.5, 0.6) is 0 Å². The molecular formula is C55H94O25. The van der Waals surface area contributed by atoms with Crippen LogP contribution in [-0.2, 0) is 76.0 Å². The second-order valence-corrected chi connectivity index (χ2v) is 22.7. The summed E-state index contributed by atoms with van der Waals surface area (Å²) in [4.78, 5) is 40.8. The lowest BCUT2D eigenvalue weighted by molar-refractivity contribution is -0.400. The molecule has 6 aliphatic rings. The topological polar surface area (TPSA) is 353 Å². The summed E-state index contributed by atoms with van der Waals surface area (Å²) in [5.41, 5.74) is 0. The van der Waals surface area contributed by atoms with Gasteiger partial charge in [-0.2, -0.15) is 0 Å². The van der Waals surface area contributed by atoms with E-state index < -0.39 is 190 Å². The molecule has 464 valence electrons. The summed E-state index contributed by atoms with van der Waals surface area (Å²) >= 11 is 0. The predicted octanol–water partition coefficient (Wildman–Crippen LogP) is 1.04. The largest absolute Gasteiger partial charge is 0.457 e. The molecular weight excluding hydrogens is 1060 g/mol. The van der Waals surface area contributed by atoms with Crippen LogP contribution < -0.4 is 0 Å². The van der Waals surface area contributed by atoms with E-state index in [1.165, 1.54) is 20.8 Å². The number of carbonyl (C=O) groups excluding carboxylic acids is 3. The highest BCUT2D eigenvalue weighted by atomic mass is 16.8. The van der Waals surface area contributed by atoms with E-state index in [0.29, 0.717) is 32.1 Å². The monoisotopic (exact) mass is 1150 g/mol. The van der Waals surface area contributed by atoms with E-state index in [2.05, 4.69) is 6.92 Å². The highest BCUT2D eigenvalue weighted by Crippen LogP contribution is 2.39. The first kappa shape index (κ1) is 66.8. The van der Waals surface area contributed by atoms with Crippen molar-refractivity contribution in [2.24, 2.45) is 11.8 Å². The summed E-state index contributed by atoms with van der Waals surface area (Å²) in [5, 5.41) is 101. The molecule has 6 fully saturated rings. The van der Waals surface area contributed by atoms with Crippen molar-refractivity contribution in [1.29, 1.82) is 0 Å². The van der Waals surface area contributed by atoms with Crippen molar-refractivity contribution in [3.05, 3.63) is 0 Å². The maximum Gasteiger partial charge on any atom is 0.309 e. The molecule has 28 unspecified atom stereocenters. The molecule has 0 saturated carbocycles. The molecule has 6 rings (SSSR count). The molecule has 0 aliphatic carbocycles. The Labute approximate surface area is 469 Å². The van der Waals surface area contributed by atoms with Crippen LogP contribution in [0.4, 0.5) is 0 Å². The first-order chi connectivity index (χ1) is 38.0. The fraction of sp³-hybridized carbons (Fsp3) is 0.945. The average molecular weight is 1160 g/mol. The third-order valence-corrected chi connectivity index (χ3v) is 16.5. The molecule has 9 N–H and O–H groups in total. The van der Waals surface area contributed by atoms with Gasteiger partial charge in [-0.25, -0.2) is 0 Å². The van der Waals surface area contributed by atoms with Crippen LogP contribution in [0.3, 0.4) is 0 Å². The molecule has 2 bridgehead atoms. The fourth-order valence-electron chi connectivity index (χ4n) is 10.8. The summed E-state index contributed by atoms with van der Waals surface area (Å²) in [6, 6.07) is 0. The maximum absolute atomic E-state index is 14.1. The third-order valence-electron chi connectivity index (χ3n) is 16.5. The molecule has 6 saturated heterocycles. The Kier molecular flexibility index (Phi) is 26.0. The quantitative estimate of drug-likeness (QED) is 0.0558. The second-order valence-electron chi connectivity index (χ2n) is 22.7. The minimum atomic E-state index is -2.02. The smallest absolute Gasteiger partial charge is 0.309 e. The van der Waals surface area contributed by atoms with Crippen molar-refractivity contribution in [1.82, 2.24) is 0 Å². The van der Waals surface area contributed by atoms with Gasteiger partial charge < -0.3 is 108 Å². The summed E-state index contributed by atoms with van der Waals surface area (Å²) < 4.78 is 81.2. The van der Waals surface area contributed by atoms with Crippen LogP contribution >= 0.6 is 0 Å². The van der Waals surface area contributed by atoms with Gasteiger partial charge in [0.15, 0.2) is 49.8 Å². The van der Waals surface area contributed by atoms with Gasteiger partial charge >= 0.3 is 17.9 Å². The third kappa shape index (κ3) is 16.5. The van der Waals surface area contributed by atoms with E-state index in [0.717, 1.165) is 44.9 Å². The molecule has 0 aromatic carbocycles. The van der Waals surface area contributed by atoms with Crippen molar-refractivity contribution in [3.8, 4) is 0 Å². The normalized spacial score (nSPS) is 44.5. The summed E-state index contributed by atoms with van der Waals surface area (Å²) in [5.74, 6) is -3.50. The average Bonchev–Trinajstić information content (AvgIpc) is 3.56. The van der Waals surface area contributed by atoms with Crippen molar-refractivity contribution < 1.29 is 122 Å². The van der Waals surface area contributed by atoms with Gasteiger partial charge in [-0.1, -0.05) is 86.0 Å². The fourth-order valence-corrected chi connectivity index (χ4v) is 10.8. The van der Waals surface area contributed by atoms with Gasteiger partial charge in [0.25, 0.3) is 0 Å². The van der Waals surface area contributed by atoms with Crippen molar-refractivity contribution in [2.75, 3.05) is 6.61 Å². The number of ether oxygens (including phenoxy) is 13. The van der Waals surface area contributed by atoms with E-state index in [9.17, 15) is 60.3 Å². The minimum absolute atomic E-state index is 0.0467. The van der Waals surface area contributed by atoms with E-state index in [1.54, 1.807) is 34.6 Å². The second kappa shape index (κ2) is 31.2. The van der Waals surface area contributed by atoms with Crippen LogP contribution in [0.1, 0.15) is 152 Å². The summed E-state index contributed by atoms with van der Waals surface area (Å²) in [6.45, 7) is 14.0. The molecule has 0 amide bonds. The van der Waals surface area contributed by atoms with Crippen molar-refractivity contribution in [3.63, 3.8) is 0 Å². The Morgan fingerprint density at radius 3 is 1.71 bits per heavy atom. The van der Waals surface area contributed by atoms with Gasteiger partial charge in [0, 0.05) is 6.42 Å². The number of unbranched alkanes of at least 4 members (excludes halogenated alkanes) is 2. The highest BCUT2D eigenvalue weighted by Gasteiger charge is 2.59. The molecule has 0 aromatic rings. The Morgan fingerprint density at radius 2 is 1.06 bits per heavy atom. The maximum atomic E-state index is 14.1. The van der Waals surface area contributed by atoms with Crippen LogP contribution in [0, 0.1) is 11.8 Å². The van der Waals surface area contributed by atoms with E-state index >= 15 is 0 Å². The summed E-state index contributed by atoms with van der Waals surface area (Å²) in [7, 11) is 0.